The fraction of sp³-hybridized carbons (Fsp3) is 0.421. The molecule has 3 N–H and O–H groups in total. The summed E-state index contributed by atoms with van der Waals surface area (Å²) in [5.41, 5.74) is 3.35. The first-order chi connectivity index (χ1) is 12.1. The number of nitrogens with one attached hydrogen (secondary N) is 2. The summed E-state index contributed by atoms with van der Waals surface area (Å²) < 4.78 is 0. The van der Waals surface area contributed by atoms with Crippen molar-refractivity contribution in [1.29, 1.82) is 0 Å². The highest BCUT2D eigenvalue weighted by Gasteiger charge is 2.18. The number of nitrogens with zero attached hydrogens (tertiary/aromatic N) is 1. The molecule has 134 valence electrons. The van der Waals surface area contributed by atoms with E-state index >= 15 is 0 Å². The molecule has 0 spiro atoms. The number of amides is 2. The fourth-order valence-corrected chi connectivity index (χ4v) is 3.79. The van der Waals surface area contributed by atoms with E-state index in [1.165, 1.54) is 16.1 Å². The van der Waals surface area contributed by atoms with Crippen molar-refractivity contribution in [2.45, 2.75) is 32.9 Å². The van der Waals surface area contributed by atoms with Crippen LogP contribution < -0.4 is 15.5 Å². The zero-order valence-corrected chi connectivity index (χ0v) is 15.5. The van der Waals surface area contributed by atoms with E-state index in [2.05, 4.69) is 27.0 Å². The number of urea groups is 1. The summed E-state index contributed by atoms with van der Waals surface area (Å²) in [5.74, 6) is 0.0224. The van der Waals surface area contributed by atoms with Crippen LogP contribution in [0.4, 0.5) is 16.2 Å². The van der Waals surface area contributed by atoms with Crippen molar-refractivity contribution in [3.63, 3.8) is 0 Å². The first-order valence-electron chi connectivity index (χ1n) is 8.65. The van der Waals surface area contributed by atoms with E-state index in [4.69, 9.17) is 5.11 Å². The Kier molecular flexibility index (Phi) is 5.60. The number of aliphatic hydroxyl groups is 1. The molecule has 2 heterocycles. The Bertz CT molecular complexity index is 714. The minimum atomic E-state index is -0.249. The Morgan fingerprint density at radius 1 is 1.28 bits per heavy atom. The molecule has 1 aromatic heterocycles. The summed E-state index contributed by atoms with van der Waals surface area (Å²) in [6, 6.07) is 9.83. The zero-order chi connectivity index (χ0) is 17.8. The molecule has 6 heteroatoms. The van der Waals surface area contributed by atoms with Crippen LogP contribution in [0.5, 0.6) is 0 Å². The van der Waals surface area contributed by atoms with Gasteiger partial charge in [-0.3, -0.25) is 0 Å². The summed E-state index contributed by atoms with van der Waals surface area (Å²) in [7, 11) is 0. The van der Waals surface area contributed by atoms with Crippen LogP contribution in [0.3, 0.4) is 0 Å². The van der Waals surface area contributed by atoms with Crippen LogP contribution in [0.1, 0.15) is 24.3 Å². The molecule has 0 bridgehead atoms. The maximum absolute atomic E-state index is 12.0. The van der Waals surface area contributed by atoms with Gasteiger partial charge >= 0.3 is 6.03 Å². The summed E-state index contributed by atoms with van der Waals surface area (Å²) >= 11 is 1.84. The number of carbonyl (C=O) groups excluding carboxylic acids is 1. The highest BCUT2D eigenvalue weighted by atomic mass is 32.1. The Balaban J connectivity index is 1.57. The number of carbonyl (C=O) groups is 1. The lowest BCUT2D eigenvalue weighted by atomic mass is 10.1. The Hall–Kier alpha value is -2.05. The maximum atomic E-state index is 12.0. The van der Waals surface area contributed by atoms with E-state index < -0.39 is 0 Å². The standard InChI is InChI=1S/C19H25N3O2S/c1-13(12-23)14(2)20-19(24)21-16-3-5-17(6-4-16)22-9-7-18-15(11-22)8-10-25-18/h3-6,8,10,13-14,23H,7,9,11-12H2,1-2H3,(H2,20,21,24). The van der Waals surface area contributed by atoms with Gasteiger partial charge in [-0.2, -0.15) is 0 Å². The average molecular weight is 359 g/mol. The van der Waals surface area contributed by atoms with E-state index in [0.717, 1.165) is 25.2 Å². The Morgan fingerprint density at radius 3 is 2.76 bits per heavy atom. The predicted octanol–water partition coefficient (Wildman–Crippen LogP) is 3.45. The second kappa shape index (κ2) is 7.89. The highest BCUT2D eigenvalue weighted by Crippen LogP contribution is 2.28. The van der Waals surface area contributed by atoms with Gasteiger partial charge in [0.1, 0.15) is 0 Å². The van der Waals surface area contributed by atoms with E-state index in [9.17, 15) is 4.79 Å². The molecule has 0 radical (unpaired) electrons. The van der Waals surface area contributed by atoms with Gasteiger partial charge in [0.25, 0.3) is 0 Å². The number of thiophene rings is 1. The zero-order valence-electron chi connectivity index (χ0n) is 14.7. The van der Waals surface area contributed by atoms with Crippen LogP contribution in [0.25, 0.3) is 0 Å². The second-order valence-electron chi connectivity index (χ2n) is 6.63. The third kappa shape index (κ3) is 4.32. The molecule has 2 amide bonds. The molecule has 1 aliphatic heterocycles. The smallest absolute Gasteiger partial charge is 0.319 e. The van der Waals surface area contributed by atoms with Gasteiger partial charge in [0.15, 0.2) is 0 Å². The van der Waals surface area contributed by atoms with Crippen molar-refractivity contribution in [2.75, 3.05) is 23.4 Å². The fourth-order valence-electron chi connectivity index (χ4n) is 2.90. The van der Waals surface area contributed by atoms with E-state index in [1.54, 1.807) is 0 Å². The molecule has 0 fully saturated rings. The normalized spacial score (nSPS) is 16.0. The van der Waals surface area contributed by atoms with Gasteiger partial charge in [-0.1, -0.05) is 6.92 Å². The molecule has 0 saturated carbocycles. The largest absolute Gasteiger partial charge is 0.396 e. The monoisotopic (exact) mass is 359 g/mol. The van der Waals surface area contributed by atoms with E-state index in [0.29, 0.717) is 0 Å². The average Bonchev–Trinajstić information content (AvgIpc) is 3.09. The van der Waals surface area contributed by atoms with Gasteiger partial charge in [-0.15, -0.1) is 11.3 Å². The molecule has 2 aromatic rings. The van der Waals surface area contributed by atoms with Gasteiger partial charge in [0.05, 0.1) is 0 Å². The van der Waals surface area contributed by atoms with Gasteiger partial charge in [-0.25, -0.2) is 4.79 Å². The number of hydrogen-bond donors (Lipinski definition) is 3. The van der Waals surface area contributed by atoms with Crippen LogP contribution in [0.2, 0.25) is 0 Å². The molecule has 2 atom stereocenters. The highest BCUT2D eigenvalue weighted by molar-refractivity contribution is 7.10. The lowest BCUT2D eigenvalue weighted by Gasteiger charge is -2.29. The summed E-state index contributed by atoms with van der Waals surface area (Å²) in [6.45, 7) is 5.81. The molecule has 5 nitrogen and oxygen atoms in total. The molecule has 1 aromatic carbocycles. The first kappa shape index (κ1) is 17.8. The van der Waals surface area contributed by atoms with Gasteiger partial charge in [0.2, 0.25) is 0 Å². The van der Waals surface area contributed by atoms with Crippen LogP contribution >= 0.6 is 11.3 Å². The third-order valence-electron chi connectivity index (χ3n) is 4.80. The van der Waals surface area contributed by atoms with Gasteiger partial charge in [0, 0.05) is 42.0 Å². The van der Waals surface area contributed by atoms with Crippen molar-refractivity contribution >= 4 is 28.7 Å². The molecule has 3 rings (SSSR count). The summed E-state index contributed by atoms with van der Waals surface area (Å²) in [4.78, 5) is 15.9. The van der Waals surface area contributed by atoms with Crippen molar-refractivity contribution in [2.24, 2.45) is 5.92 Å². The Labute approximate surface area is 152 Å². The number of hydrogen-bond acceptors (Lipinski definition) is 4. The number of anilines is 2. The molecule has 0 saturated heterocycles. The van der Waals surface area contributed by atoms with E-state index in [-0.39, 0.29) is 24.6 Å². The molecule has 0 aliphatic carbocycles. The quantitative estimate of drug-likeness (QED) is 0.766. The summed E-state index contributed by atoms with van der Waals surface area (Å²) in [5, 5.41) is 17.0. The molecule has 1 aliphatic rings. The first-order valence-corrected chi connectivity index (χ1v) is 9.53. The van der Waals surface area contributed by atoms with Crippen molar-refractivity contribution in [3.05, 3.63) is 46.2 Å². The Morgan fingerprint density at radius 2 is 2.04 bits per heavy atom. The number of benzene rings is 1. The second-order valence-corrected chi connectivity index (χ2v) is 7.64. The topological polar surface area (TPSA) is 64.6 Å². The minimum Gasteiger partial charge on any atom is -0.396 e. The van der Waals surface area contributed by atoms with Crippen LogP contribution in [0.15, 0.2) is 35.7 Å². The number of fused-ring (bicyclic) bond motifs is 1. The molecular formula is C19H25N3O2S. The van der Waals surface area contributed by atoms with Gasteiger partial charge < -0.3 is 20.6 Å². The molecule has 2 unspecified atom stereocenters. The third-order valence-corrected chi connectivity index (χ3v) is 5.82. The molecule has 25 heavy (non-hydrogen) atoms. The summed E-state index contributed by atoms with van der Waals surface area (Å²) in [6.07, 6.45) is 1.09. The van der Waals surface area contributed by atoms with Crippen molar-refractivity contribution in [1.82, 2.24) is 5.32 Å². The lowest BCUT2D eigenvalue weighted by molar-refractivity contribution is 0.204. The number of rotatable bonds is 5. The van der Waals surface area contributed by atoms with Crippen LogP contribution in [-0.4, -0.2) is 30.3 Å². The van der Waals surface area contributed by atoms with Crippen molar-refractivity contribution < 1.29 is 9.90 Å². The van der Waals surface area contributed by atoms with Crippen LogP contribution in [-0.2, 0) is 13.0 Å². The van der Waals surface area contributed by atoms with Gasteiger partial charge in [-0.05, 0) is 60.5 Å². The van der Waals surface area contributed by atoms with Crippen molar-refractivity contribution in [3.8, 4) is 0 Å². The molecular weight excluding hydrogens is 334 g/mol. The minimum absolute atomic E-state index is 0.0224. The predicted molar refractivity (Wildman–Crippen MR) is 103 cm³/mol. The SMILES string of the molecule is CC(CO)C(C)NC(=O)Nc1ccc(N2CCc3sccc3C2)cc1. The van der Waals surface area contributed by atoms with E-state index in [1.807, 2.05) is 49.4 Å². The number of aliphatic hydroxyl groups excluding tert-OH is 1. The lowest BCUT2D eigenvalue weighted by Crippen LogP contribution is -2.40. The maximum Gasteiger partial charge on any atom is 0.319 e. The van der Waals surface area contributed by atoms with Crippen LogP contribution in [0, 0.1) is 5.92 Å².